The van der Waals surface area contributed by atoms with Crippen molar-refractivity contribution in [1.29, 1.82) is 0 Å². The van der Waals surface area contributed by atoms with E-state index < -0.39 is 12.0 Å². The highest BCUT2D eigenvalue weighted by Gasteiger charge is 2.29. The van der Waals surface area contributed by atoms with Gasteiger partial charge in [-0.25, -0.2) is 0 Å². The fraction of sp³-hybridized carbons (Fsp3) is 0.500. The maximum absolute atomic E-state index is 10.7. The predicted octanol–water partition coefficient (Wildman–Crippen LogP) is 0.761. The fourth-order valence-electron chi connectivity index (χ4n) is 1.39. The van der Waals surface area contributed by atoms with Crippen LogP contribution < -0.4 is 5.32 Å². The molecule has 1 fully saturated rings. The first-order valence-corrected chi connectivity index (χ1v) is 6.28. The Hall–Kier alpha value is -0.530. The molecule has 0 aromatic carbocycles. The number of aromatic nitrogens is 2. The van der Waals surface area contributed by atoms with E-state index in [0.29, 0.717) is 12.3 Å². The summed E-state index contributed by atoms with van der Waals surface area (Å²) in [5.74, 6) is -0.172. The molecule has 2 atom stereocenters. The number of carboxylic acids is 1. The molecule has 1 aromatic rings. The third kappa shape index (κ3) is 2.73. The minimum absolute atomic E-state index is 0.123. The first-order chi connectivity index (χ1) is 7.15. The number of hydrogen-bond donors (Lipinski definition) is 2. The van der Waals surface area contributed by atoms with Gasteiger partial charge in [0, 0.05) is 11.9 Å². The molecule has 0 spiro atoms. The number of thioether (sulfide) groups is 1. The van der Waals surface area contributed by atoms with Crippen LogP contribution in [-0.4, -0.2) is 38.0 Å². The summed E-state index contributed by atoms with van der Waals surface area (Å²) in [5, 5.41) is 16.1. The summed E-state index contributed by atoms with van der Waals surface area (Å²) in [6.07, 6.45) is 3.59. The SMILES string of the molecule is O=C(O)[C@H]1CS[C@H](Cn2cc(Br)cn2)N1. The van der Waals surface area contributed by atoms with Gasteiger partial charge in [-0.1, -0.05) is 0 Å². The first-order valence-electron chi connectivity index (χ1n) is 4.43. The van der Waals surface area contributed by atoms with Gasteiger partial charge >= 0.3 is 5.97 Å². The molecule has 15 heavy (non-hydrogen) atoms. The number of aliphatic carboxylic acids is 1. The van der Waals surface area contributed by atoms with E-state index in [2.05, 4.69) is 26.3 Å². The second kappa shape index (κ2) is 4.54. The van der Waals surface area contributed by atoms with E-state index in [-0.39, 0.29) is 5.37 Å². The van der Waals surface area contributed by atoms with Crippen LogP contribution in [0.3, 0.4) is 0 Å². The summed E-state index contributed by atoms with van der Waals surface area (Å²) in [4.78, 5) is 10.7. The highest BCUT2D eigenvalue weighted by atomic mass is 79.9. The minimum atomic E-state index is -0.786. The summed E-state index contributed by atoms with van der Waals surface area (Å²) >= 11 is 4.93. The molecule has 5 nitrogen and oxygen atoms in total. The van der Waals surface area contributed by atoms with Crippen LogP contribution >= 0.6 is 27.7 Å². The van der Waals surface area contributed by atoms with E-state index in [1.165, 1.54) is 0 Å². The van der Waals surface area contributed by atoms with Crippen molar-refractivity contribution >= 4 is 33.7 Å². The maximum Gasteiger partial charge on any atom is 0.321 e. The van der Waals surface area contributed by atoms with E-state index in [1.807, 2.05) is 6.20 Å². The molecule has 82 valence electrons. The zero-order valence-electron chi connectivity index (χ0n) is 7.76. The summed E-state index contributed by atoms with van der Waals surface area (Å²) in [5.41, 5.74) is 0. The number of carboxylic acid groups (broad SMARTS) is 1. The molecule has 0 amide bonds. The Balaban J connectivity index is 1.90. The van der Waals surface area contributed by atoms with Crippen molar-refractivity contribution in [3.05, 3.63) is 16.9 Å². The standard InChI is InChI=1S/C8H10BrN3O2S/c9-5-1-10-12(2-5)3-7-11-6(4-15-7)8(13)14/h1-2,6-7,11H,3-4H2,(H,13,14)/t6-,7-/m1/s1. The molecule has 7 heteroatoms. The Labute approximate surface area is 99.4 Å². The first kappa shape index (κ1) is 11.0. The van der Waals surface area contributed by atoms with Gasteiger partial charge in [-0.15, -0.1) is 11.8 Å². The van der Waals surface area contributed by atoms with Crippen molar-refractivity contribution in [2.24, 2.45) is 0 Å². The van der Waals surface area contributed by atoms with Gasteiger partial charge in [-0.2, -0.15) is 5.10 Å². The zero-order valence-corrected chi connectivity index (χ0v) is 10.2. The Bertz CT molecular complexity index is 371. The van der Waals surface area contributed by atoms with E-state index in [1.54, 1.807) is 22.6 Å². The molecule has 2 heterocycles. The molecule has 0 saturated carbocycles. The number of halogens is 1. The molecule has 0 aliphatic carbocycles. The molecule has 1 aliphatic heterocycles. The smallest absolute Gasteiger partial charge is 0.321 e. The third-order valence-corrected chi connectivity index (χ3v) is 3.73. The quantitative estimate of drug-likeness (QED) is 0.861. The maximum atomic E-state index is 10.7. The second-order valence-electron chi connectivity index (χ2n) is 3.26. The van der Waals surface area contributed by atoms with Crippen molar-refractivity contribution in [3.63, 3.8) is 0 Å². The lowest BCUT2D eigenvalue weighted by molar-refractivity contribution is -0.138. The van der Waals surface area contributed by atoms with Crippen LogP contribution in [0.15, 0.2) is 16.9 Å². The average Bonchev–Trinajstić information content (AvgIpc) is 2.76. The van der Waals surface area contributed by atoms with Gasteiger partial charge in [0.2, 0.25) is 0 Å². The number of nitrogens with zero attached hydrogens (tertiary/aromatic N) is 2. The Morgan fingerprint density at radius 3 is 3.20 bits per heavy atom. The summed E-state index contributed by atoms with van der Waals surface area (Å²) < 4.78 is 2.72. The third-order valence-electron chi connectivity index (χ3n) is 2.10. The van der Waals surface area contributed by atoms with Crippen LogP contribution in [0.1, 0.15) is 0 Å². The number of rotatable bonds is 3. The van der Waals surface area contributed by atoms with Gasteiger partial charge in [0.05, 0.1) is 22.6 Å². The number of nitrogens with one attached hydrogen (secondary N) is 1. The van der Waals surface area contributed by atoms with E-state index >= 15 is 0 Å². The van der Waals surface area contributed by atoms with Crippen LogP contribution in [0, 0.1) is 0 Å². The van der Waals surface area contributed by atoms with Gasteiger partial charge in [-0.05, 0) is 15.9 Å². The van der Waals surface area contributed by atoms with Gasteiger partial charge in [-0.3, -0.25) is 14.8 Å². The van der Waals surface area contributed by atoms with Crippen molar-refractivity contribution in [2.45, 2.75) is 18.0 Å². The highest BCUT2D eigenvalue weighted by molar-refractivity contribution is 9.10. The molecule has 0 radical (unpaired) electrons. The van der Waals surface area contributed by atoms with Crippen LogP contribution in [-0.2, 0) is 11.3 Å². The Kier molecular flexibility index (Phi) is 3.32. The minimum Gasteiger partial charge on any atom is -0.480 e. The molecular formula is C8H10BrN3O2S. The summed E-state index contributed by atoms with van der Waals surface area (Å²) in [6, 6.07) is -0.431. The predicted molar refractivity (Wildman–Crippen MR) is 60.7 cm³/mol. The second-order valence-corrected chi connectivity index (χ2v) is 5.41. The van der Waals surface area contributed by atoms with Gasteiger partial charge in [0.25, 0.3) is 0 Å². The summed E-state index contributed by atoms with van der Waals surface area (Å²) in [6.45, 7) is 0.681. The largest absolute Gasteiger partial charge is 0.480 e. The topological polar surface area (TPSA) is 67.1 Å². The lowest BCUT2D eigenvalue weighted by Gasteiger charge is -2.10. The van der Waals surface area contributed by atoms with Crippen LogP contribution in [0.25, 0.3) is 0 Å². The van der Waals surface area contributed by atoms with Crippen LogP contribution in [0.5, 0.6) is 0 Å². The lowest BCUT2D eigenvalue weighted by Crippen LogP contribution is -2.38. The number of hydrogen-bond acceptors (Lipinski definition) is 4. The van der Waals surface area contributed by atoms with Gasteiger partial charge in [0.15, 0.2) is 0 Å². The van der Waals surface area contributed by atoms with Crippen molar-refractivity contribution in [1.82, 2.24) is 15.1 Å². The van der Waals surface area contributed by atoms with Crippen molar-refractivity contribution < 1.29 is 9.90 Å². The summed E-state index contributed by atoms with van der Waals surface area (Å²) in [7, 11) is 0. The van der Waals surface area contributed by atoms with E-state index in [4.69, 9.17) is 5.11 Å². The highest BCUT2D eigenvalue weighted by Crippen LogP contribution is 2.20. The average molecular weight is 292 g/mol. The molecule has 1 aromatic heterocycles. The molecule has 0 bridgehead atoms. The Morgan fingerprint density at radius 1 is 1.87 bits per heavy atom. The van der Waals surface area contributed by atoms with E-state index in [0.717, 1.165) is 4.47 Å². The van der Waals surface area contributed by atoms with Gasteiger partial charge in [0.1, 0.15) is 6.04 Å². The molecule has 2 N–H and O–H groups in total. The normalized spacial score (nSPS) is 25.7. The molecule has 2 rings (SSSR count). The lowest BCUT2D eigenvalue weighted by atomic mass is 10.3. The molecule has 1 aliphatic rings. The van der Waals surface area contributed by atoms with Crippen LogP contribution in [0.4, 0.5) is 0 Å². The fourth-order valence-corrected chi connectivity index (χ4v) is 2.90. The van der Waals surface area contributed by atoms with Crippen molar-refractivity contribution in [2.75, 3.05) is 5.75 Å². The molecular weight excluding hydrogens is 282 g/mol. The number of carbonyl (C=O) groups is 1. The van der Waals surface area contributed by atoms with Gasteiger partial charge < -0.3 is 5.11 Å². The molecule has 0 unspecified atom stereocenters. The monoisotopic (exact) mass is 291 g/mol. The van der Waals surface area contributed by atoms with Crippen molar-refractivity contribution in [3.8, 4) is 0 Å². The van der Waals surface area contributed by atoms with E-state index in [9.17, 15) is 4.79 Å². The molecule has 1 saturated heterocycles. The zero-order chi connectivity index (χ0) is 10.8. The van der Waals surface area contributed by atoms with Crippen LogP contribution in [0.2, 0.25) is 0 Å². The Morgan fingerprint density at radius 2 is 2.67 bits per heavy atom.